The minimum atomic E-state index is -0.606. The van der Waals surface area contributed by atoms with Gasteiger partial charge in [0.1, 0.15) is 0 Å². The first-order valence-electron chi connectivity index (χ1n) is 21.6. The molecule has 1 spiro atoms. The smallest absolute Gasteiger partial charge is 0.0726 e. The molecule has 0 saturated heterocycles. The first kappa shape index (κ1) is 34.8. The van der Waals surface area contributed by atoms with E-state index in [1.807, 2.05) is 0 Å². The fraction of sp³-hybridized carbons (Fsp3) is 0.0164. The zero-order valence-electron chi connectivity index (χ0n) is 34.0. The molecule has 11 aromatic rings. The molecule has 13 rings (SSSR count). The Morgan fingerprint density at radius 2 is 0.823 bits per heavy atom. The molecule has 0 N–H and O–H groups in total. The van der Waals surface area contributed by atoms with Crippen LogP contribution in [0.15, 0.2) is 237 Å². The Morgan fingerprint density at radius 3 is 1.61 bits per heavy atom. The van der Waals surface area contributed by atoms with E-state index >= 15 is 0 Å². The second-order valence-electron chi connectivity index (χ2n) is 16.7. The van der Waals surface area contributed by atoms with Crippen LogP contribution in [0.1, 0.15) is 22.3 Å². The van der Waals surface area contributed by atoms with Gasteiger partial charge in [0.05, 0.1) is 16.8 Å². The predicted octanol–water partition coefficient (Wildman–Crippen LogP) is 16.3. The van der Waals surface area contributed by atoms with Crippen molar-refractivity contribution in [2.75, 3.05) is 4.90 Å². The predicted molar refractivity (Wildman–Crippen MR) is 261 cm³/mol. The Morgan fingerprint density at radius 1 is 0.274 bits per heavy atom. The lowest BCUT2D eigenvalue weighted by atomic mass is 9.55. The van der Waals surface area contributed by atoms with Gasteiger partial charge in [-0.05, 0) is 125 Å². The third-order valence-corrected chi connectivity index (χ3v) is 13.6. The molecule has 62 heavy (non-hydrogen) atoms. The van der Waals surface area contributed by atoms with Crippen LogP contribution in [0, 0.1) is 0 Å². The van der Waals surface area contributed by atoms with Crippen LogP contribution in [-0.4, -0.2) is 0 Å². The van der Waals surface area contributed by atoms with Crippen LogP contribution in [0.2, 0.25) is 0 Å². The summed E-state index contributed by atoms with van der Waals surface area (Å²) in [5.41, 5.74) is 18.0. The number of rotatable bonds is 5. The highest BCUT2D eigenvalue weighted by molar-refractivity contribution is 6.15. The fourth-order valence-corrected chi connectivity index (χ4v) is 11.1. The highest BCUT2D eigenvalue weighted by Gasteiger charge is 2.49. The van der Waals surface area contributed by atoms with Crippen molar-refractivity contribution in [3.05, 3.63) is 259 Å². The number of fused-ring (bicyclic) bond motifs is 9. The quantitative estimate of drug-likeness (QED) is 0.168. The number of benzene rings is 11. The van der Waals surface area contributed by atoms with E-state index in [1.165, 1.54) is 99.1 Å². The summed E-state index contributed by atoms with van der Waals surface area (Å²) in [5, 5.41) is 7.53. The zero-order chi connectivity index (χ0) is 40.8. The highest BCUT2D eigenvalue weighted by atomic mass is 15.1. The molecule has 11 aromatic carbocycles. The van der Waals surface area contributed by atoms with Gasteiger partial charge < -0.3 is 4.90 Å². The Kier molecular flexibility index (Phi) is 7.59. The minimum Gasteiger partial charge on any atom is -0.309 e. The molecule has 0 heterocycles. The maximum absolute atomic E-state index is 2.50. The number of para-hydroxylation sites is 1. The van der Waals surface area contributed by atoms with Gasteiger partial charge in [0, 0.05) is 16.6 Å². The lowest BCUT2D eigenvalue weighted by Gasteiger charge is -2.46. The van der Waals surface area contributed by atoms with Crippen LogP contribution in [0.4, 0.5) is 17.1 Å². The van der Waals surface area contributed by atoms with E-state index in [0.29, 0.717) is 0 Å². The second-order valence-corrected chi connectivity index (χ2v) is 16.7. The van der Waals surface area contributed by atoms with Crippen molar-refractivity contribution in [2.45, 2.75) is 5.41 Å². The Labute approximate surface area is 361 Å². The van der Waals surface area contributed by atoms with E-state index in [1.54, 1.807) is 0 Å². The van der Waals surface area contributed by atoms with Gasteiger partial charge in [-0.15, -0.1) is 0 Å². The van der Waals surface area contributed by atoms with Gasteiger partial charge in [0.2, 0.25) is 0 Å². The van der Waals surface area contributed by atoms with E-state index in [2.05, 4.69) is 241 Å². The molecular weight excluding hydrogens is 747 g/mol. The lowest BCUT2D eigenvalue weighted by Crippen LogP contribution is -2.36. The van der Waals surface area contributed by atoms with Crippen LogP contribution in [0.5, 0.6) is 0 Å². The molecular formula is C61H39N. The van der Waals surface area contributed by atoms with Gasteiger partial charge in [-0.1, -0.05) is 200 Å². The monoisotopic (exact) mass is 785 g/mol. The number of hydrogen-bond donors (Lipinski definition) is 0. The average Bonchev–Trinajstić information content (AvgIpc) is 3.35. The molecule has 0 fully saturated rings. The van der Waals surface area contributed by atoms with Crippen molar-refractivity contribution in [2.24, 2.45) is 0 Å². The maximum atomic E-state index is 2.50. The first-order chi connectivity index (χ1) is 30.8. The summed E-state index contributed by atoms with van der Waals surface area (Å²) >= 11 is 0. The van der Waals surface area contributed by atoms with Crippen LogP contribution in [0.3, 0.4) is 0 Å². The molecule has 1 heteroatoms. The molecule has 0 radical (unpaired) electrons. The normalized spacial score (nSPS) is 14.5. The molecule has 1 atom stereocenters. The zero-order valence-corrected chi connectivity index (χ0v) is 34.0. The molecule has 1 unspecified atom stereocenters. The van der Waals surface area contributed by atoms with Gasteiger partial charge in [0.15, 0.2) is 0 Å². The number of hydrogen-bond acceptors (Lipinski definition) is 1. The standard InChI is InChI=1S/C61H39N/c1-4-17-40(18-5-1)45-33-34-48-50-35-36-57(62(46-25-8-3-9-26-46)58-39-44-22-11-10-21-43(44)37-52(58)41-19-6-2-7-20-41)51-29-16-32-55(60(50)51)61(56(48)38-45)53-30-13-12-27-47(53)49-28-14-23-42-24-15-31-54(61)59(42)49/h1-39H. The maximum Gasteiger partial charge on any atom is 0.0726 e. The van der Waals surface area contributed by atoms with E-state index < -0.39 is 5.41 Å². The largest absolute Gasteiger partial charge is 0.309 e. The fourth-order valence-electron chi connectivity index (χ4n) is 11.1. The Balaban J connectivity index is 1.18. The van der Waals surface area contributed by atoms with Crippen molar-refractivity contribution >= 4 is 49.4 Å². The Hall–Kier alpha value is -8.00. The second kappa shape index (κ2) is 13.5. The van der Waals surface area contributed by atoms with E-state index in [4.69, 9.17) is 0 Å². The summed E-state index contributed by atoms with van der Waals surface area (Å²) in [6, 6.07) is 88.2. The molecule has 288 valence electrons. The summed E-state index contributed by atoms with van der Waals surface area (Å²) in [4.78, 5) is 2.50. The van der Waals surface area contributed by atoms with E-state index in [0.717, 1.165) is 17.1 Å². The van der Waals surface area contributed by atoms with Gasteiger partial charge in [-0.25, -0.2) is 0 Å². The van der Waals surface area contributed by atoms with Gasteiger partial charge in [-0.3, -0.25) is 0 Å². The number of anilines is 3. The van der Waals surface area contributed by atoms with Crippen molar-refractivity contribution in [1.82, 2.24) is 0 Å². The molecule has 1 nitrogen and oxygen atoms in total. The summed E-state index contributed by atoms with van der Waals surface area (Å²) in [5.74, 6) is 0. The minimum absolute atomic E-state index is 0.606. The highest BCUT2D eigenvalue weighted by Crippen LogP contribution is 2.62. The lowest BCUT2D eigenvalue weighted by molar-refractivity contribution is 0.755. The van der Waals surface area contributed by atoms with Crippen LogP contribution in [-0.2, 0) is 5.41 Å². The molecule has 0 bridgehead atoms. The topological polar surface area (TPSA) is 3.24 Å². The molecule has 0 amide bonds. The van der Waals surface area contributed by atoms with E-state index in [9.17, 15) is 0 Å². The molecule has 0 saturated carbocycles. The SMILES string of the molecule is c1ccc(-c2ccc3c(c2)C2(c4ccccc4-c4cccc5cccc2c45)c2cccc4c(N(c5ccccc5)c5cc6ccccc6cc5-c5ccccc5)ccc-3c24)cc1. The van der Waals surface area contributed by atoms with Gasteiger partial charge in [0.25, 0.3) is 0 Å². The average molecular weight is 786 g/mol. The van der Waals surface area contributed by atoms with Crippen molar-refractivity contribution in [3.8, 4) is 44.5 Å². The van der Waals surface area contributed by atoms with Crippen molar-refractivity contribution < 1.29 is 0 Å². The third-order valence-electron chi connectivity index (χ3n) is 13.6. The number of nitrogens with zero attached hydrogens (tertiary/aromatic N) is 1. The van der Waals surface area contributed by atoms with Gasteiger partial charge >= 0.3 is 0 Å². The summed E-state index contributed by atoms with van der Waals surface area (Å²) in [7, 11) is 0. The first-order valence-corrected chi connectivity index (χ1v) is 21.6. The van der Waals surface area contributed by atoms with Crippen LogP contribution < -0.4 is 4.90 Å². The van der Waals surface area contributed by atoms with Crippen molar-refractivity contribution in [3.63, 3.8) is 0 Å². The molecule has 2 aliphatic carbocycles. The van der Waals surface area contributed by atoms with Crippen LogP contribution in [0.25, 0.3) is 76.8 Å². The summed E-state index contributed by atoms with van der Waals surface area (Å²) in [6.45, 7) is 0. The summed E-state index contributed by atoms with van der Waals surface area (Å²) < 4.78 is 0. The molecule has 2 aliphatic rings. The third kappa shape index (κ3) is 4.91. The molecule has 0 aromatic heterocycles. The van der Waals surface area contributed by atoms with Crippen molar-refractivity contribution in [1.29, 1.82) is 0 Å². The van der Waals surface area contributed by atoms with Gasteiger partial charge in [-0.2, -0.15) is 0 Å². The van der Waals surface area contributed by atoms with Crippen LogP contribution >= 0.6 is 0 Å². The Bertz CT molecular complexity index is 3570. The molecule has 0 aliphatic heterocycles. The summed E-state index contributed by atoms with van der Waals surface area (Å²) in [6.07, 6.45) is 0. The van der Waals surface area contributed by atoms with E-state index in [-0.39, 0.29) is 0 Å².